The standard InChI is InChI=1S/C15H25N3O2/c1-4-12-5-7-15(19,8-6-12)10-16-13-9-14(20-3)18-11(2)17-13/h9,12,19H,4-8,10H2,1-3H3,(H,16,17,18). The van der Waals surface area contributed by atoms with Gasteiger partial charge in [0, 0.05) is 12.6 Å². The summed E-state index contributed by atoms with van der Waals surface area (Å²) in [5, 5.41) is 13.8. The van der Waals surface area contributed by atoms with Crippen LogP contribution in [0.15, 0.2) is 6.07 Å². The van der Waals surface area contributed by atoms with Gasteiger partial charge in [-0.2, -0.15) is 4.98 Å². The highest BCUT2D eigenvalue weighted by Gasteiger charge is 2.32. The molecule has 5 heteroatoms. The number of aliphatic hydroxyl groups is 1. The fourth-order valence-electron chi connectivity index (χ4n) is 2.79. The van der Waals surface area contributed by atoms with Crippen molar-refractivity contribution in [1.29, 1.82) is 0 Å². The molecule has 0 amide bonds. The molecule has 0 atom stereocenters. The van der Waals surface area contributed by atoms with Crippen molar-refractivity contribution in [2.75, 3.05) is 19.0 Å². The third-order valence-electron chi connectivity index (χ3n) is 4.24. The van der Waals surface area contributed by atoms with Crippen LogP contribution in [0.25, 0.3) is 0 Å². The first-order valence-electron chi connectivity index (χ1n) is 7.40. The second-order valence-corrected chi connectivity index (χ2v) is 5.77. The number of ether oxygens (including phenoxy) is 1. The maximum atomic E-state index is 10.6. The Balaban J connectivity index is 1.93. The molecule has 1 aromatic heterocycles. The first kappa shape index (κ1) is 15.0. The number of aromatic nitrogens is 2. The van der Waals surface area contributed by atoms with E-state index in [1.165, 1.54) is 6.42 Å². The van der Waals surface area contributed by atoms with E-state index in [-0.39, 0.29) is 0 Å². The van der Waals surface area contributed by atoms with Crippen LogP contribution in [0.2, 0.25) is 0 Å². The van der Waals surface area contributed by atoms with Crippen LogP contribution in [-0.4, -0.2) is 34.3 Å². The van der Waals surface area contributed by atoms with Crippen molar-refractivity contribution in [3.8, 4) is 5.88 Å². The van der Waals surface area contributed by atoms with Crippen LogP contribution in [0.4, 0.5) is 5.82 Å². The van der Waals surface area contributed by atoms with Crippen LogP contribution in [0.3, 0.4) is 0 Å². The Labute approximate surface area is 120 Å². The summed E-state index contributed by atoms with van der Waals surface area (Å²) in [5.41, 5.74) is -0.613. The first-order chi connectivity index (χ1) is 9.54. The first-order valence-corrected chi connectivity index (χ1v) is 7.40. The number of methoxy groups -OCH3 is 1. The summed E-state index contributed by atoms with van der Waals surface area (Å²) >= 11 is 0. The zero-order chi connectivity index (χ0) is 14.6. The second kappa shape index (κ2) is 6.39. The van der Waals surface area contributed by atoms with E-state index in [9.17, 15) is 5.11 Å². The van der Waals surface area contributed by atoms with E-state index in [4.69, 9.17) is 4.74 Å². The van der Waals surface area contributed by atoms with Gasteiger partial charge >= 0.3 is 0 Å². The summed E-state index contributed by atoms with van der Waals surface area (Å²) in [6.45, 7) is 4.58. The topological polar surface area (TPSA) is 67.3 Å². The number of aryl methyl sites for hydroxylation is 1. The van der Waals surface area contributed by atoms with E-state index < -0.39 is 5.60 Å². The Morgan fingerprint density at radius 3 is 2.70 bits per heavy atom. The number of hydrogen-bond acceptors (Lipinski definition) is 5. The van der Waals surface area contributed by atoms with Gasteiger partial charge in [0.25, 0.3) is 0 Å². The Hall–Kier alpha value is -1.36. The lowest BCUT2D eigenvalue weighted by molar-refractivity contribution is 0.00222. The van der Waals surface area contributed by atoms with Gasteiger partial charge in [0.1, 0.15) is 11.6 Å². The SMILES string of the molecule is CCC1CCC(O)(CNc2cc(OC)nc(C)n2)CC1. The van der Waals surface area contributed by atoms with Gasteiger partial charge in [-0.25, -0.2) is 4.98 Å². The number of nitrogens with zero attached hydrogens (tertiary/aromatic N) is 2. The van der Waals surface area contributed by atoms with Gasteiger partial charge in [-0.1, -0.05) is 13.3 Å². The molecule has 0 saturated heterocycles. The zero-order valence-electron chi connectivity index (χ0n) is 12.6. The lowest BCUT2D eigenvalue weighted by Crippen LogP contribution is -2.40. The van der Waals surface area contributed by atoms with Crippen LogP contribution in [0, 0.1) is 12.8 Å². The summed E-state index contributed by atoms with van der Waals surface area (Å²) in [4.78, 5) is 8.46. The molecule has 1 fully saturated rings. The van der Waals surface area contributed by atoms with E-state index in [1.807, 2.05) is 6.92 Å². The summed E-state index contributed by atoms with van der Waals surface area (Å²) < 4.78 is 5.13. The van der Waals surface area contributed by atoms with Crippen LogP contribution in [0.5, 0.6) is 5.88 Å². The van der Waals surface area contributed by atoms with Gasteiger partial charge in [0.05, 0.1) is 12.7 Å². The van der Waals surface area contributed by atoms with Crippen molar-refractivity contribution in [3.63, 3.8) is 0 Å². The van der Waals surface area contributed by atoms with Crippen LogP contribution in [-0.2, 0) is 0 Å². The zero-order valence-corrected chi connectivity index (χ0v) is 12.6. The normalized spacial score (nSPS) is 26.3. The number of rotatable bonds is 5. The Morgan fingerprint density at radius 1 is 1.40 bits per heavy atom. The van der Waals surface area contributed by atoms with Crippen molar-refractivity contribution < 1.29 is 9.84 Å². The molecule has 20 heavy (non-hydrogen) atoms. The highest BCUT2D eigenvalue weighted by Crippen LogP contribution is 2.33. The molecule has 5 nitrogen and oxygen atoms in total. The minimum absolute atomic E-state index is 0.531. The van der Waals surface area contributed by atoms with E-state index >= 15 is 0 Å². The molecule has 2 N–H and O–H groups in total. The van der Waals surface area contributed by atoms with Crippen molar-refractivity contribution in [2.24, 2.45) is 5.92 Å². The molecule has 2 rings (SSSR count). The smallest absolute Gasteiger partial charge is 0.218 e. The van der Waals surface area contributed by atoms with Gasteiger partial charge in [-0.15, -0.1) is 0 Å². The lowest BCUT2D eigenvalue weighted by Gasteiger charge is -2.36. The van der Waals surface area contributed by atoms with E-state index in [1.54, 1.807) is 13.2 Å². The van der Waals surface area contributed by atoms with Crippen molar-refractivity contribution in [1.82, 2.24) is 9.97 Å². The predicted octanol–water partition coefficient (Wildman–Crippen LogP) is 2.54. The third-order valence-corrected chi connectivity index (χ3v) is 4.24. The summed E-state index contributed by atoms with van der Waals surface area (Å²) in [7, 11) is 1.59. The minimum atomic E-state index is -0.613. The molecule has 1 saturated carbocycles. The maximum Gasteiger partial charge on any atom is 0.218 e. The molecule has 1 aliphatic carbocycles. The molecule has 0 aromatic carbocycles. The average molecular weight is 279 g/mol. The van der Waals surface area contributed by atoms with Crippen molar-refractivity contribution in [3.05, 3.63) is 11.9 Å². The molecular formula is C15H25N3O2. The maximum absolute atomic E-state index is 10.6. The molecule has 1 aromatic rings. The number of hydrogen-bond donors (Lipinski definition) is 2. The van der Waals surface area contributed by atoms with Crippen molar-refractivity contribution >= 4 is 5.82 Å². The molecule has 0 aliphatic heterocycles. The molecule has 0 radical (unpaired) electrons. The van der Waals surface area contributed by atoms with E-state index in [2.05, 4.69) is 22.2 Å². The molecule has 1 aliphatic rings. The van der Waals surface area contributed by atoms with Gasteiger partial charge in [0.2, 0.25) is 5.88 Å². The highest BCUT2D eigenvalue weighted by atomic mass is 16.5. The van der Waals surface area contributed by atoms with Gasteiger partial charge < -0.3 is 15.2 Å². The summed E-state index contributed by atoms with van der Waals surface area (Å²) in [5.74, 6) is 2.69. The summed E-state index contributed by atoms with van der Waals surface area (Å²) in [6.07, 6.45) is 5.16. The van der Waals surface area contributed by atoms with Crippen molar-refractivity contribution in [2.45, 2.75) is 51.6 Å². The third kappa shape index (κ3) is 3.82. The monoisotopic (exact) mass is 279 g/mol. The molecular weight excluding hydrogens is 254 g/mol. The van der Waals surface area contributed by atoms with Gasteiger partial charge in [-0.3, -0.25) is 0 Å². The Morgan fingerprint density at radius 2 is 2.10 bits per heavy atom. The second-order valence-electron chi connectivity index (χ2n) is 5.77. The number of nitrogens with one attached hydrogen (secondary N) is 1. The lowest BCUT2D eigenvalue weighted by atomic mass is 9.78. The Bertz CT molecular complexity index is 443. The van der Waals surface area contributed by atoms with E-state index in [0.717, 1.165) is 31.6 Å². The molecule has 112 valence electrons. The molecule has 0 unspecified atom stereocenters. The quantitative estimate of drug-likeness (QED) is 0.867. The van der Waals surface area contributed by atoms with Crippen LogP contribution >= 0.6 is 0 Å². The fraction of sp³-hybridized carbons (Fsp3) is 0.733. The Kier molecular flexibility index (Phi) is 4.81. The molecule has 1 heterocycles. The van der Waals surface area contributed by atoms with Crippen LogP contribution < -0.4 is 10.1 Å². The largest absolute Gasteiger partial charge is 0.481 e. The van der Waals surface area contributed by atoms with Gasteiger partial charge in [0.15, 0.2) is 0 Å². The predicted molar refractivity (Wildman–Crippen MR) is 79.0 cm³/mol. The molecule has 0 spiro atoms. The fourth-order valence-corrected chi connectivity index (χ4v) is 2.79. The highest BCUT2D eigenvalue weighted by molar-refractivity contribution is 5.38. The number of anilines is 1. The van der Waals surface area contributed by atoms with Gasteiger partial charge in [-0.05, 0) is 38.5 Å². The minimum Gasteiger partial charge on any atom is -0.481 e. The average Bonchev–Trinajstić information content (AvgIpc) is 2.45. The summed E-state index contributed by atoms with van der Waals surface area (Å²) in [6, 6.07) is 1.76. The van der Waals surface area contributed by atoms with E-state index in [0.29, 0.717) is 24.1 Å². The molecule has 0 bridgehead atoms. The van der Waals surface area contributed by atoms with Crippen LogP contribution in [0.1, 0.15) is 44.9 Å².